The van der Waals surface area contributed by atoms with Gasteiger partial charge >= 0.3 is 0 Å². The molecule has 0 saturated heterocycles. The Morgan fingerprint density at radius 2 is 2.08 bits per heavy atom. The molecule has 1 amide bonds. The van der Waals surface area contributed by atoms with E-state index in [0.29, 0.717) is 25.1 Å². The monoisotopic (exact) mass is 345 g/mol. The number of fused-ring (bicyclic) bond motifs is 1. The van der Waals surface area contributed by atoms with E-state index < -0.39 is 0 Å². The van der Waals surface area contributed by atoms with Crippen molar-refractivity contribution in [3.63, 3.8) is 0 Å². The van der Waals surface area contributed by atoms with Gasteiger partial charge in [-0.2, -0.15) is 0 Å². The second kappa shape index (κ2) is 7.32. The fourth-order valence-electron chi connectivity index (χ4n) is 2.90. The molecule has 1 N–H and O–H groups in total. The van der Waals surface area contributed by atoms with E-state index in [2.05, 4.69) is 16.6 Å². The first-order valence-electron chi connectivity index (χ1n) is 7.98. The summed E-state index contributed by atoms with van der Waals surface area (Å²) in [5.74, 6) is 0.593. The lowest BCUT2D eigenvalue weighted by atomic mass is 9.96. The number of hydrogen-bond donors (Lipinski definition) is 1. The summed E-state index contributed by atoms with van der Waals surface area (Å²) in [6.07, 6.45) is 4.55. The molecule has 2 heterocycles. The molecule has 0 radical (unpaired) electrons. The number of rotatable bonds is 5. The van der Waals surface area contributed by atoms with Crippen LogP contribution in [0, 0.1) is 5.82 Å². The average molecular weight is 345 g/mol. The minimum Gasteiger partial charge on any atom is -0.313 e. The lowest BCUT2D eigenvalue weighted by Crippen LogP contribution is -2.32. The van der Waals surface area contributed by atoms with Gasteiger partial charge in [0.25, 0.3) is 0 Å². The van der Waals surface area contributed by atoms with Crippen LogP contribution in [-0.2, 0) is 17.8 Å². The van der Waals surface area contributed by atoms with Crippen LogP contribution in [-0.4, -0.2) is 23.7 Å². The molecular formula is C18H20FN3OS. The average Bonchev–Trinajstić information content (AvgIpc) is 2.58. The molecule has 0 atom stereocenters. The van der Waals surface area contributed by atoms with Gasteiger partial charge in [0.15, 0.2) is 0 Å². The summed E-state index contributed by atoms with van der Waals surface area (Å²) in [7, 11) is 1.63. The number of aryl methyl sites for hydroxylation is 1. The second-order valence-corrected chi connectivity index (χ2v) is 6.91. The highest BCUT2D eigenvalue weighted by atomic mass is 32.2. The van der Waals surface area contributed by atoms with Gasteiger partial charge in [0, 0.05) is 43.7 Å². The van der Waals surface area contributed by atoms with Gasteiger partial charge in [-0.15, -0.1) is 0 Å². The number of benzene rings is 1. The number of aromatic nitrogens is 1. The van der Waals surface area contributed by atoms with Gasteiger partial charge in [-0.25, -0.2) is 4.39 Å². The van der Waals surface area contributed by atoms with Gasteiger partial charge in [-0.3, -0.25) is 14.5 Å². The highest BCUT2D eigenvalue weighted by Crippen LogP contribution is 2.34. The van der Waals surface area contributed by atoms with Gasteiger partial charge in [-0.1, -0.05) is 18.9 Å². The lowest BCUT2D eigenvalue weighted by molar-refractivity contribution is -0.118. The molecule has 3 rings (SSSR count). The Morgan fingerprint density at radius 1 is 1.25 bits per heavy atom. The van der Waals surface area contributed by atoms with Crippen molar-refractivity contribution in [2.24, 2.45) is 0 Å². The molecule has 1 aromatic carbocycles. The fraction of sp³-hybridized carbons (Fsp3) is 0.333. The van der Waals surface area contributed by atoms with Crippen LogP contribution in [0.15, 0.2) is 30.6 Å². The topological polar surface area (TPSA) is 45.2 Å². The van der Waals surface area contributed by atoms with Crippen molar-refractivity contribution in [3.05, 3.63) is 47.5 Å². The molecule has 24 heavy (non-hydrogen) atoms. The second-order valence-electron chi connectivity index (χ2n) is 5.75. The molecule has 6 heteroatoms. The molecule has 126 valence electrons. The van der Waals surface area contributed by atoms with E-state index in [1.807, 2.05) is 18.3 Å². The maximum atomic E-state index is 14.6. The van der Waals surface area contributed by atoms with Crippen LogP contribution in [0.5, 0.6) is 0 Å². The third-order valence-electron chi connectivity index (χ3n) is 4.11. The standard InChI is InChI=1S/C18H20FN3OS/c1-3-24-21-10-12-6-15(11-20-9-12)14-7-13-4-5-17(23)22(2)18(13)16(19)8-14/h6-9,11,21H,3-5,10H2,1-2H3. The minimum atomic E-state index is -0.358. The highest BCUT2D eigenvalue weighted by Gasteiger charge is 2.25. The molecule has 0 fully saturated rings. The molecule has 0 unspecified atom stereocenters. The van der Waals surface area contributed by atoms with E-state index in [0.717, 1.165) is 28.0 Å². The maximum absolute atomic E-state index is 14.6. The zero-order valence-electron chi connectivity index (χ0n) is 13.8. The Bertz CT molecular complexity index is 766. The van der Waals surface area contributed by atoms with Gasteiger partial charge in [-0.05, 0) is 41.3 Å². The van der Waals surface area contributed by atoms with Crippen LogP contribution in [0.4, 0.5) is 10.1 Å². The van der Waals surface area contributed by atoms with Crippen LogP contribution >= 0.6 is 11.9 Å². The molecule has 0 spiro atoms. The summed E-state index contributed by atoms with van der Waals surface area (Å²) in [4.78, 5) is 17.5. The van der Waals surface area contributed by atoms with Crippen molar-refractivity contribution in [2.75, 3.05) is 17.7 Å². The molecule has 1 aliphatic rings. The van der Waals surface area contributed by atoms with Gasteiger partial charge in [0.2, 0.25) is 5.91 Å². The minimum absolute atomic E-state index is 0.0442. The van der Waals surface area contributed by atoms with Crippen molar-refractivity contribution in [1.82, 2.24) is 9.71 Å². The number of hydrogen-bond acceptors (Lipinski definition) is 4. The Morgan fingerprint density at radius 3 is 2.88 bits per heavy atom. The van der Waals surface area contributed by atoms with Gasteiger partial charge < -0.3 is 4.90 Å². The number of pyridine rings is 1. The Hall–Kier alpha value is -1.92. The predicted molar refractivity (Wildman–Crippen MR) is 96.3 cm³/mol. The van der Waals surface area contributed by atoms with E-state index in [9.17, 15) is 9.18 Å². The number of nitrogens with one attached hydrogen (secondary N) is 1. The lowest BCUT2D eigenvalue weighted by Gasteiger charge is -2.26. The summed E-state index contributed by atoms with van der Waals surface area (Å²) >= 11 is 1.65. The molecule has 0 saturated carbocycles. The number of anilines is 1. The predicted octanol–water partition coefficient (Wildman–Crippen LogP) is 3.55. The van der Waals surface area contributed by atoms with Crippen LogP contribution in [0.2, 0.25) is 0 Å². The quantitative estimate of drug-likeness (QED) is 0.665. The zero-order valence-corrected chi connectivity index (χ0v) is 14.6. The molecule has 4 nitrogen and oxygen atoms in total. The van der Waals surface area contributed by atoms with Crippen molar-refractivity contribution in [2.45, 2.75) is 26.3 Å². The van der Waals surface area contributed by atoms with Crippen molar-refractivity contribution in [1.29, 1.82) is 0 Å². The van der Waals surface area contributed by atoms with Crippen LogP contribution in [0.1, 0.15) is 24.5 Å². The third kappa shape index (κ3) is 3.44. The third-order valence-corrected chi connectivity index (χ3v) is 4.75. The van der Waals surface area contributed by atoms with Gasteiger partial charge in [0.1, 0.15) is 5.82 Å². The Labute approximate surface area is 145 Å². The smallest absolute Gasteiger partial charge is 0.227 e. The number of nitrogens with zero attached hydrogens (tertiary/aromatic N) is 2. The molecule has 0 aliphatic carbocycles. The van der Waals surface area contributed by atoms with Crippen LogP contribution < -0.4 is 9.62 Å². The number of halogens is 1. The highest BCUT2D eigenvalue weighted by molar-refractivity contribution is 7.97. The van der Waals surface area contributed by atoms with Crippen molar-refractivity contribution < 1.29 is 9.18 Å². The summed E-state index contributed by atoms with van der Waals surface area (Å²) in [6, 6.07) is 5.48. The fourth-order valence-corrected chi connectivity index (χ4v) is 3.37. The Kier molecular flexibility index (Phi) is 5.16. The largest absolute Gasteiger partial charge is 0.313 e. The number of carbonyl (C=O) groups excluding carboxylic acids is 1. The molecule has 1 aliphatic heterocycles. The first-order valence-corrected chi connectivity index (χ1v) is 8.96. The number of amides is 1. The first-order chi connectivity index (χ1) is 11.6. The molecule has 0 bridgehead atoms. The van der Waals surface area contributed by atoms with Crippen molar-refractivity contribution >= 4 is 23.5 Å². The SMILES string of the molecule is CCSNCc1cncc(-c2cc(F)c3c(c2)CCC(=O)N3C)c1. The van der Waals surface area contributed by atoms with E-state index in [1.54, 1.807) is 25.2 Å². The molecular weight excluding hydrogens is 325 g/mol. The maximum Gasteiger partial charge on any atom is 0.227 e. The summed E-state index contributed by atoms with van der Waals surface area (Å²) in [5.41, 5.74) is 4.01. The summed E-state index contributed by atoms with van der Waals surface area (Å²) in [5, 5.41) is 0. The first kappa shape index (κ1) is 16.9. The van der Waals surface area contributed by atoms with Crippen LogP contribution in [0.25, 0.3) is 11.1 Å². The normalized spacial score (nSPS) is 14.0. The van der Waals surface area contributed by atoms with Crippen LogP contribution in [0.3, 0.4) is 0 Å². The van der Waals surface area contributed by atoms with Crippen molar-refractivity contribution in [3.8, 4) is 11.1 Å². The molecule has 2 aromatic rings. The van der Waals surface area contributed by atoms with E-state index >= 15 is 0 Å². The molecule has 1 aromatic heterocycles. The summed E-state index contributed by atoms with van der Waals surface area (Å²) < 4.78 is 17.8. The zero-order chi connectivity index (χ0) is 17.1. The van der Waals surface area contributed by atoms with E-state index in [4.69, 9.17) is 0 Å². The Balaban J connectivity index is 1.92. The van der Waals surface area contributed by atoms with E-state index in [1.165, 1.54) is 11.0 Å². The van der Waals surface area contributed by atoms with E-state index in [-0.39, 0.29) is 11.7 Å². The number of carbonyl (C=O) groups is 1. The van der Waals surface area contributed by atoms with Gasteiger partial charge in [0.05, 0.1) is 5.69 Å². The summed E-state index contributed by atoms with van der Waals surface area (Å²) in [6.45, 7) is 2.80.